The van der Waals surface area contributed by atoms with Crippen LogP contribution in [0.1, 0.15) is 56.1 Å². The van der Waals surface area contributed by atoms with E-state index >= 15 is 0 Å². The van der Waals surface area contributed by atoms with Crippen molar-refractivity contribution in [2.75, 3.05) is 26.3 Å². The SMILES string of the molecule is Cc1c(C(=O)NCc2ccccc2CS(=O)(=O)N2CCOCC2)[nH]c2c1C(=O)CCC2. The van der Waals surface area contributed by atoms with Crippen molar-refractivity contribution in [2.24, 2.45) is 0 Å². The Morgan fingerprint density at radius 1 is 1.16 bits per heavy atom. The van der Waals surface area contributed by atoms with E-state index in [4.69, 9.17) is 4.74 Å². The van der Waals surface area contributed by atoms with Gasteiger partial charge in [0.15, 0.2) is 5.78 Å². The molecule has 1 amide bonds. The van der Waals surface area contributed by atoms with Crippen molar-refractivity contribution < 1.29 is 22.7 Å². The second-order valence-corrected chi connectivity index (χ2v) is 9.94. The molecule has 2 aliphatic rings. The molecular weight excluding hydrogens is 418 g/mol. The van der Waals surface area contributed by atoms with Gasteiger partial charge in [0, 0.05) is 37.3 Å². The molecule has 2 heterocycles. The van der Waals surface area contributed by atoms with Crippen LogP contribution < -0.4 is 5.32 Å². The minimum atomic E-state index is -3.47. The number of benzene rings is 1. The number of Topliss-reactive ketones (excluding diaryl/α,β-unsaturated/α-hetero) is 1. The van der Waals surface area contributed by atoms with Gasteiger partial charge in [-0.1, -0.05) is 24.3 Å². The molecule has 31 heavy (non-hydrogen) atoms. The molecule has 2 N–H and O–H groups in total. The first kappa shape index (κ1) is 21.7. The van der Waals surface area contributed by atoms with Gasteiger partial charge in [-0.2, -0.15) is 4.31 Å². The van der Waals surface area contributed by atoms with Gasteiger partial charge in [-0.15, -0.1) is 0 Å². The fraction of sp³-hybridized carbons (Fsp3) is 0.455. The normalized spacial score (nSPS) is 17.4. The van der Waals surface area contributed by atoms with Crippen LogP contribution in [-0.2, 0) is 33.5 Å². The number of rotatable bonds is 6. The quantitative estimate of drug-likeness (QED) is 0.706. The summed E-state index contributed by atoms with van der Waals surface area (Å²) in [6, 6.07) is 7.21. The average molecular weight is 446 g/mol. The lowest BCUT2D eigenvalue weighted by Gasteiger charge is -2.26. The van der Waals surface area contributed by atoms with Crippen LogP contribution in [0.4, 0.5) is 0 Å². The second kappa shape index (κ2) is 8.94. The number of hydrogen-bond donors (Lipinski definition) is 2. The molecule has 0 spiro atoms. The number of amides is 1. The van der Waals surface area contributed by atoms with E-state index in [1.165, 1.54) is 4.31 Å². The predicted molar refractivity (Wildman–Crippen MR) is 115 cm³/mol. The Morgan fingerprint density at radius 3 is 2.58 bits per heavy atom. The van der Waals surface area contributed by atoms with E-state index in [0.29, 0.717) is 55.1 Å². The highest BCUT2D eigenvalue weighted by molar-refractivity contribution is 7.88. The van der Waals surface area contributed by atoms with Gasteiger partial charge >= 0.3 is 0 Å². The summed E-state index contributed by atoms with van der Waals surface area (Å²) in [5.74, 6) is -0.345. The Labute approximate surface area is 182 Å². The molecule has 1 aromatic carbocycles. The van der Waals surface area contributed by atoms with Crippen molar-refractivity contribution in [3.05, 3.63) is 57.9 Å². The molecule has 0 bridgehead atoms. The number of fused-ring (bicyclic) bond motifs is 1. The number of ketones is 1. The van der Waals surface area contributed by atoms with Gasteiger partial charge < -0.3 is 15.0 Å². The number of carbonyl (C=O) groups is 2. The highest BCUT2D eigenvalue weighted by Crippen LogP contribution is 2.26. The molecule has 0 atom stereocenters. The molecule has 166 valence electrons. The summed E-state index contributed by atoms with van der Waals surface area (Å²) in [7, 11) is -3.47. The number of H-pyrrole nitrogens is 1. The molecule has 4 rings (SSSR count). The summed E-state index contributed by atoms with van der Waals surface area (Å²) in [4.78, 5) is 28.1. The van der Waals surface area contributed by atoms with E-state index in [1.54, 1.807) is 19.1 Å². The van der Waals surface area contributed by atoms with E-state index in [0.717, 1.165) is 24.1 Å². The fourth-order valence-electron chi connectivity index (χ4n) is 4.25. The van der Waals surface area contributed by atoms with Gasteiger partial charge in [-0.3, -0.25) is 9.59 Å². The minimum absolute atomic E-state index is 0.0766. The van der Waals surface area contributed by atoms with Crippen LogP contribution >= 0.6 is 0 Å². The van der Waals surface area contributed by atoms with Crippen LogP contribution in [0.3, 0.4) is 0 Å². The average Bonchev–Trinajstić information content (AvgIpc) is 3.11. The van der Waals surface area contributed by atoms with Crippen LogP contribution in [0.2, 0.25) is 0 Å². The molecule has 1 fully saturated rings. The molecule has 2 aromatic rings. The van der Waals surface area contributed by atoms with Crippen molar-refractivity contribution in [1.82, 2.24) is 14.6 Å². The molecule has 0 saturated carbocycles. The molecule has 1 aromatic heterocycles. The Hall–Kier alpha value is -2.49. The zero-order valence-corrected chi connectivity index (χ0v) is 18.4. The second-order valence-electron chi connectivity index (χ2n) is 7.97. The first-order chi connectivity index (χ1) is 14.9. The Bertz CT molecular complexity index is 1100. The van der Waals surface area contributed by atoms with Crippen LogP contribution in [-0.4, -0.2) is 55.7 Å². The summed E-state index contributed by atoms with van der Waals surface area (Å²) in [6.07, 6.45) is 2.06. The predicted octanol–water partition coefficient (Wildman–Crippen LogP) is 1.93. The smallest absolute Gasteiger partial charge is 0.268 e. The molecule has 9 heteroatoms. The number of carbonyl (C=O) groups excluding carboxylic acids is 2. The van der Waals surface area contributed by atoms with Gasteiger partial charge in [-0.05, 0) is 36.5 Å². The molecular formula is C22H27N3O5S. The van der Waals surface area contributed by atoms with Crippen LogP contribution in [0.15, 0.2) is 24.3 Å². The third-order valence-electron chi connectivity index (χ3n) is 5.92. The lowest BCUT2D eigenvalue weighted by atomic mass is 9.94. The standard InChI is InChI=1S/C22H27N3O5S/c1-15-20-18(7-4-8-19(20)26)24-21(15)22(27)23-13-16-5-2-3-6-17(16)14-31(28,29)25-9-11-30-12-10-25/h2-3,5-6,24H,4,7-14H2,1H3,(H,23,27). The van der Waals surface area contributed by atoms with Gasteiger partial charge in [0.25, 0.3) is 5.91 Å². The lowest BCUT2D eigenvalue weighted by Crippen LogP contribution is -2.41. The van der Waals surface area contributed by atoms with Crippen molar-refractivity contribution in [3.63, 3.8) is 0 Å². The van der Waals surface area contributed by atoms with E-state index < -0.39 is 10.0 Å². The molecule has 1 aliphatic heterocycles. The number of nitrogens with one attached hydrogen (secondary N) is 2. The number of morpholine rings is 1. The van der Waals surface area contributed by atoms with Crippen molar-refractivity contribution in [3.8, 4) is 0 Å². The van der Waals surface area contributed by atoms with E-state index in [9.17, 15) is 18.0 Å². The number of aromatic nitrogens is 1. The Kier molecular flexibility index (Phi) is 6.27. The molecule has 1 aliphatic carbocycles. The monoisotopic (exact) mass is 445 g/mol. The number of ether oxygens (including phenoxy) is 1. The summed E-state index contributed by atoms with van der Waals surface area (Å²) < 4.78 is 32.3. The highest BCUT2D eigenvalue weighted by atomic mass is 32.2. The van der Waals surface area contributed by atoms with Gasteiger partial charge in [0.2, 0.25) is 10.0 Å². The number of nitrogens with zero attached hydrogens (tertiary/aromatic N) is 1. The first-order valence-corrected chi connectivity index (χ1v) is 12.1. The number of aryl methyl sites for hydroxylation is 1. The van der Waals surface area contributed by atoms with Gasteiger partial charge in [-0.25, -0.2) is 8.42 Å². The van der Waals surface area contributed by atoms with Crippen LogP contribution in [0.5, 0.6) is 0 Å². The third kappa shape index (κ3) is 4.58. The molecule has 0 radical (unpaired) electrons. The number of hydrogen-bond acceptors (Lipinski definition) is 5. The Morgan fingerprint density at radius 2 is 1.87 bits per heavy atom. The van der Waals surface area contributed by atoms with Gasteiger partial charge in [0.05, 0.1) is 19.0 Å². The zero-order chi connectivity index (χ0) is 22.0. The topological polar surface area (TPSA) is 109 Å². The maximum Gasteiger partial charge on any atom is 0.268 e. The number of aromatic amines is 1. The molecule has 1 saturated heterocycles. The van der Waals surface area contributed by atoms with Crippen LogP contribution in [0, 0.1) is 6.92 Å². The highest BCUT2D eigenvalue weighted by Gasteiger charge is 2.27. The minimum Gasteiger partial charge on any atom is -0.379 e. The maximum absolute atomic E-state index is 12.8. The first-order valence-electron chi connectivity index (χ1n) is 10.5. The Balaban J connectivity index is 1.47. The van der Waals surface area contributed by atoms with E-state index in [1.807, 2.05) is 12.1 Å². The van der Waals surface area contributed by atoms with Crippen LogP contribution in [0.25, 0.3) is 0 Å². The number of sulfonamides is 1. The molecule has 0 unspecified atom stereocenters. The van der Waals surface area contributed by atoms with Crippen molar-refractivity contribution >= 4 is 21.7 Å². The maximum atomic E-state index is 12.8. The summed E-state index contributed by atoms with van der Waals surface area (Å²) in [6.45, 7) is 3.51. The fourth-order valence-corrected chi connectivity index (χ4v) is 5.81. The van der Waals surface area contributed by atoms with Crippen molar-refractivity contribution in [2.45, 2.75) is 38.5 Å². The summed E-state index contributed by atoms with van der Waals surface area (Å²) >= 11 is 0. The summed E-state index contributed by atoms with van der Waals surface area (Å²) in [5, 5.41) is 2.88. The van der Waals surface area contributed by atoms with E-state index in [-0.39, 0.29) is 24.0 Å². The van der Waals surface area contributed by atoms with Gasteiger partial charge in [0.1, 0.15) is 5.69 Å². The van der Waals surface area contributed by atoms with E-state index in [2.05, 4.69) is 10.3 Å². The third-order valence-corrected chi connectivity index (χ3v) is 7.75. The zero-order valence-electron chi connectivity index (χ0n) is 17.6. The largest absolute Gasteiger partial charge is 0.379 e. The summed E-state index contributed by atoms with van der Waals surface area (Å²) in [5.41, 5.74) is 3.97. The molecule has 8 nitrogen and oxygen atoms in total. The van der Waals surface area contributed by atoms with Crippen molar-refractivity contribution in [1.29, 1.82) is 0 Å². The lowest BCUT2D eigenvalue weighted by molar-refractivity contribution is 0.0729.